The van der Waals surface area contributed by atoms with Crippen LogP contribution in [0.2, 0.25) is 0 Å². The Bertz CT molecular complexity index is 899. The summed E-state index contributed by atoms with van der Waals surface area (Å²) in [6, 6.07) is 19.0. The fraction of sp³-hybridized carbons (Fsp3) is 0.118. The molecule has 98 valence electrons. The molecule has 0 fully saturated rings. The van der Waals surface area contributed by atoms with Crippen molar-refractivity contribution in [2.24, 2.45) is 7.05 Å². The summed E-state index contributed by atoms with van der Waals surface area (Å²) in [5, 5.41) is 7.17. The van der Waals surface area contributed by atoms with Gasteiger partial charge in [0.15, 0.2) is 0 Å². The Labute approximate surface area is 117 Å². The van der Waals surface area contributed by atoms with Gasteiger partial charge in [0.25, 0.3) is 0 Å². The van der Waals surface area contributed by atoms with Crippen LogP contribution in [0.1, 0.15) is 5.69 Å². The van der Waals surface area contributed by atoms with E-state index < -0.39 is 0 Å². The SMILES string of the molecule is Cn1nc(Cn2ccc3ccccc32)c2ccccc21. The van der Waals surface area contributed by atoms with Crippen LogP contribution in [0.4, 0.5) is 0 Å². The van der Waals surface area contributed by atoms with E-state index in [1.54, 1.807) is 0 Å². The molecule has 0 bridgehead atoms. The predicted octanol–water partition coefficient (Wildman–Crippen LogP) is 3.58. The van der Waals surface area contributed by atoms with Crippen LogP contribution in [-0.4, -0.2) is 14.3 Å². The number of hydrogen-bond donors (Lipinski definition) is 0. The topological polar surface area (TPSA) is 22.8 Å². The second kappa shape index (κ2) is 4.23. The molecule has 2 aromatic heterocycles. The van der Waals surface area contributed by atoms with Crippen molar-refractivity contribution in [3.8, 4) is 0 Å². The van der Waals surface area contributed by atoms with E-state index in [-0.39, 0.29) is 0 Å². The smallest absolute Gasteiger partial charge is 0.0900 e. The van der Waals surface area contributed by atoms with Gasteiger partial charge in [-0.1, -0.05) is 36.4 Å². The third-order valence-electron chi connectivity index (χ3n) is 3.83. The maximum Gasteiger partial charge on any atom is 0.0900 e. The minimum absolute atomic E-state index is 0.800. The van der Waals surface area contributed by atoms with Crippen molar-refractivity contribution in [1.29, 1.82) is 0 Å². The van der Waals surface area contributed by atoms with Gasteiger partial charge in [0, 0.05) is 24.1 Å². The number of rotatable bonds is 2. The van der Waals surface area contributed by atoms with Gasteiger partial charge < -0.3 is 4.57 Å². The molecule has 3 heteroatoms. The highest BCUT2D eigenvalue weighted by atomic mass is 15.3. The van der Waals surface area contributed by atoms with E-state index in [2.05, 4.69) is 70.5 Å². The highest BCUT2D eigenvalue weighted by molar-refractivity contribution is 5.83. The van der Waals surface area contributed by atoms with Crippen molar-refractivity contribution in [2.75, 3.05) is 0 Å². The number of aromatic nitrogens is 3. The Morgan fingerprint density at radius 3 is 2.55 bits per heavy atom. The first kappa shape index (κ1) is 11.3. The highest BCUT2D eigenvalue weighted by Crippen LogP contribution is 2.21. The van der Waals surface area contributed by atoms with Crippen molar-refractivity contribution in [1.82, 2.24) is 14.3 Å². The predicted molar refractivity (Wildman–Crippen MR) is 81.8 cm³/mol. The van der Waals surface area contributed by atoms with Crippen LogP contribution in [-0.2, 0) is 13.6 Å². The van der Waals surface area contributed by atoms with Crippen molar-refractivity contribution in [2.45, 2.75) is 6.54 Å². The van der Waals surface area contributed by atoms with E-state index in [4.69, 9.17) is 0 Å². The zero-order chi connectivity index (χ0) is 13.5. The first-order valence-electron chi connectivity index (χ1n) is 6.77. The number of nitrogens with zero attached hydrogens (tertiary/aromatic N) is 3. The lowest BCUT2D eigenvalue weighted by Gasteiger charge is -2.03. The third-order valence-corrected chi connectivity index (χ3v) is 3.83. The summed E-state index contributed by atoms with van der Waals surface area (Å²) in [6.45, 7) is 0.800. The van der Waals surface area contributed by atoms with Crippen LogP contribution in [0.25, 0.3) is 21.8 Å². The lowest BCUT2D eigenvalue weighted by Crippen LogP contribution is -2.00. The Kier molecular flexibility index (Phi) is 2.39. The van der Waals surface area contributed by atoms with Gasteiger partial charge in [0.2, 0.25) is 0 Å². The van der Waals surface area contributed by atoms with E-state index in [1.807, 2.05) is 11.7 Å². The van der Waals surface area contributed by atoms with Crippen LogP contribution in [0, 0.1) is 0 Å². The Hall–Kier alpha value is -2.55. The fourth-order valence-corrected chi connectivity index (χ4v) is 2.85. The lowest BCUT2D eigenvalue weighted by molar-refractivity contribution is 0.732. The Morgan fingerprint density at radius 2 is 1.65 bits per heavy atom. The summed E-state index contributed by atoms with van der Waals surface area (Å²) in [4.78, 5) is 0. The van der Waals surface area contributed by atoms with Gasteiger partial charge in [-0.3, -0.25) is 4.68 Å². The van der Waals surface area contributed by atoms with Gasteiger partial charge >= 0.3 is 0 Å². The van der Waals surface area contributed by atoms with Crippen molar-refractivity contribution < 1.29 is 0 Å². The monoisotopic (exact) mass is 261 g/mol. The van der Waals surface area contributed by atoms with Crippen LogP contribution in [0.5, 0.6) is 0 Å². The number of aryl methyl sites for hydroxylation is 1. The normalized spacial score (nSPS) is 11.4. The van der Waals surface area contributed by atoms with E-state index in [0.29, 0.717) is 0 Å². The fourth-order valence-electron chi connectivity index (χ4n) is 2.85. The molecule has 0 aliphatic carbocycles. The molecule has 0 saturated heterocycles. The van der Waals surface area contributed by atoms with Crippen LogP contribution in [0.3, 0.4) is 0 Å². The molecule has 4 rings (SSSR count). The maximum absolute atomic E-state index is 4.67. The molecule has 0 spiro atoms. The molecule has 20 heavy (non-hydrogen) atoms. The Morgan fingerprint density at radius 1 is 0.900 bits per heavy atom. The van der Waals surface area contributed by atoms with E-state index in [0.717, 1.165) is 12.2 Å². The molecule has 3 nitrogen and oxygen atoms in total. The molecule has 2 heterocycles. The summed E-state index contributed by atoms with van der Waals surface area (Å²) in [6.07, 6.45) is 2.13. The Balaban J connectivity index is 1.85. The van der Waals surface area contributed by atoms with Crippen molar-refractivity contribution >= 4 is 21.8 Å². The highest BCUT2D eigenvalue weighted by Gasteiger charge is 2.09. The largest absolute Gasteiger partial charge is 0.341 e. The molecule has 0 radical (unpaired) electrons. The maximum atomic E-state index is 4.67. The summed E-state index contributed by atoms with van der Waals surface area (Å²) >= 11 is 0. The third kappa shape index (κ3) is 1.63. The number of fused-ring (bicyclic) bond motifs is 2. The number of para-hydroxylation sites is 2. The van der Waals surface area contributed by atoms with E-state index in [1.165, 1.54) is 21.8 Å². The zero-order valence-corrected chi connectivity index (χ0v) is 11.3. The molecule has 0 unspecified atom stereocenters. The zero-order valence-electron chi connectivity index (χ0n) is 11.3. The van der Waals surface area contributed by atoms with E-state index in [9.17, 15) is 0 Å². The molecule has 2 aromatic carbocycles. The first-order chi connectivity index (χ1) is 9.83. The van der Waals surface area contributed by atoms with Gasteiger partial charge in [0.1, 0.15) is 0 Å². The quantitative estimate of drug-likeness (QED) is 0.541. The first-order valence-corrected chi connectivity index (χ1v) is 6.77. The van der Waals surface area contributed by atoms with Crippen molar-refractivity contribution in [3.63, 3.8) is 0 Å². The van der Waals surface area contributed by atoms with Gasteiger partial charge in [0.05, 0.1) is 17.8 Å². The molecular formula is C17H15N3. The summed E-state index contributed by atoms with van der Waals surface area (Å²) in [5.41, 5.74) is 3.55. The second-order valence-corrected chi connectivity index (χ2v) is 5.09. The summed E-state index contributed by atoms with van der Waals surface area (Å²) < 4.78 is 4.21. The van der Waals surface area contributed by atoms with Crippen LogP contribution >= 0.6 is 0 Å². The van der Waals surface area contributed by atoms with Gasteiger partial charge in [-0.05, 0) is 23.6 Å². The molecular weight excluding hydrogens is 246 g/mol. The minimum atomic E-state index is 0.800. The molecule has 0 aliphatic heterocycles. The molecule has 0 N–H and O–H groups in total. The standard InChI is InChI=1S/C17H15N3/c1-19-17-9-5-3-7-14(17)15(18-19)12-20-11-10-13-6-2-4-8-16(13)20/h2-11H,12H2,1H3. The molecule has 4 aromatic rings. The van der Waals surface area contributed by atoms with Gasteiger partial charge in [-0.2, -0.15) is 5.10 Å². The van der Waals surface area contributed by atoms with Crippen LogP contribution < -0.4 is 0 Å². The average molecular weight is 261 g/mol. The summed E-state index contributed by atoms with van der Waals surface area (Å²) in [5.74, 6) is 0. The molecule has 0 saturated carbocycles. The second-order valence-electron chi connectivity index (χ2n) is 5.09. The average Bonchev–Trinajstić information content (AvgIpc) is 3.03. The molecule has 0 aliphatic rings. The van der Waals surface area contributed by atoms with Gasteiger partial charge in [-0.15, -0.1) is 0 Å². The van der Waals surface area contributed by atoms with Crippen LogP contribution in [0.15, 0.2) is 60.8 Å². The van der Waals surface area contributed by atoms with Gasteiger partial charge in [-0.25, -0.2) is 0 Å². The number of benzene rings is 2. The molecule has 0 atom stereocenters. The number of hydrogen-bond acceptors (Lipinski definition) is 1. The minimum Gasteiger partial charge on any atom is -0.341 e. The lowest BCUT2D eigenvalue weighted by atomic mass is 10.2. The molecule has 0 amide bonds. The van der Waals surface area contributed by atoms with E-state index >= 15 is 0 Å². The summed E-state index contributed by atoms with van der Waals surface area (Å²) in [7, 11) is 2.00. The van der Waals surface area contributed by atoms with Crippen molar-refractivity contribution in [3.05, 3.63) is 66.5 Å².